The van der Waals surface area contributed by atoms with Crippen molar-refractivity contribution in [1.29, 1.82) is 0 Å². The molecule has 2 heterocycles. The molecule has 1 aliphatic rings. The van der Waals surface area contributed by atoms with Crippen molar-refractivity contribution in [2.45, 2.75) is 18.9 Å². The first-order valence-corrected chi connectivity index (χ1v) is 7.05. The summed E-state index contributed by atoms with van der Waals surface area (Å²) in [5, 5.41) is 3.53. The predicted molar refractivity (Wildman–Crippen MR) is 77.9 cm³/mol. The molecule has 0 bridgehead atoms. The minimum absolute atomic E-state index is 0.115. The molecule has 0 aliphatic carbocycles. The third-order valence-electron chi connectivity index (χ3n) is 3.84. The van der Waals surface area contributed by atoms with Gasteiger partial charge in [-0.3, -0.25) is 0 Å². The quantitative estimate of drug-likeness (QED) is 0.893. The Hall–Kier alpha value is -2.08. The normalized spacial score (nSPS) is 17.0. The Labute approximate surface area is 122 Å². The average Bonchev–Trinajstić information content (AvgIpc) is 2.89. The molecule has 1 aromatic carbocycles. The molecule has 0 unspecified atom stereocenters. The lowest BCUT2D eigenvalue weighted by Gasteiger charge is -2.29. The number of nitrogens with one attached hydrogen (secondary N) is 2. The highest BCUT2D eigenvalue weighted by Crippen LogP contribution is 2.26. The number of likely N-dealkylation sites (tertiary alicyclic amines) is 1. The molecule has 21 heavy (non-hydrogen) atoms. The molecule has 2 aromatic rings. The van der Waals surface area contributed by atoms with Crippen LogP contribution in [0.3, 0.4) is 0 Å². The number of piperidine rings is 1. The number of amides is 1. The molecule has 1 saturated heterocycles. The van der Waals surface area contributed by atoms with E-state index in [0.29, 0.717) is 10.9 Å². The van der Waals surface area contributed by atoms with E-state index in [0.717, 1.165) is 25.9 Å². The Bertz CT molecular complexity index is 647. The summed E-state index contributed by atoms with van der Waals surface area (Å²) in [5.74, 6) is -0.205. The van der Waals surface area contributed by atoms with Crippen LogP contribution in [-0.2, 0) is 0 Å². The van der Waals surface area contributed by atoms with E-state index in [1.165, 1.54) is 12.1 Å². The van der Waals surface area contributed by atoms with Gasteiger partial charge in [0.05, 0.1) is 5.52 Å². The van der Waals surface area contributed by atoms with Gasteiger partial charge in [0.25, 0.3) is 0 Å². The predicted octanol–water partition coefficient (Wildman–Crippen LogP) is 2.49. The summed E-state index contributed by atoms with van der Waals surface area (Å²) in [6.45, 7) is 1.90. The van der Waals surface area contributed by atoms with Gasteiger partial charge in [0.2, 0.25) is 0 Å². The number of nitrogens with zero attached hydrogens (tertiary/aromatic N) is 1. The van der Waals surface area contributed by atoms with Crippen LogP contribution in [0.4, 0.5) is 9.18 Å². The molecule has 6 heteroatoms. The second-order valence-corrected chi connectivity index (χ2v) is 5.45. The minimum Gasteiger partial charge on any atom is -0.410 e. The molecule has 1 fully saturated rings. The topological polar surface area (TPSA) is 57.4 Å². The van der Waals surface area contributed by atoms with Crippen molar-refractivity contribution in [3.05, 3.63) is 30.2 Å². The van der Waals surface area contributed by atoms with Gasteiger partial charge in [0.15, 0.2) is 0 Å². The van der Waals surface area contributed by atoms with E-state index in [1.807, 2.05) is 0 Å². The fourth-order valence-corrected chi connectivity index (χ4v) is 2.63. The van der Waals surface area contributed by atoms with Gasteiger partial charge in [0.1, 0.15) is 11.6 Å². The number of hydrogen-bond donors (Lipinski definition) is 2. The fraction of sp³-hybridized carbons (Fsp3) is 0.400. The smallest absolute Gasteiger partial charge is 0.410 e. The summed E-state index contributed by atoms with van der Waals surface area (Å²) in [6, 6.07) is 4.47. The molecule has 1 aromatic heterocycles. The van der Waals surface area contributed by atoms with Gasteiger partial charge < -0.3 is 19.9 Å². The van der Waals surface area contributed by atoms with Gasteiger partial charge in [0, 0.05) is 23.7 Å². The van der Waals surface area contributed by atoms with Crippen molar-refractivity contribution in [1.82, 2.24) is 15.2 Å². The molecular formula is C15H18FN3O2. The van der Waals surface area contributed by atoms with Gasteiger partial charge in [-0.25, -0.2) is 9.18 Å². The van der Waals surface area contributed by atoms with Crippen LogP contribution in [0, 0.1) is 5.82 Å². The van der Waals surface area contributed by atoms with Crippen LogP contribution in [-0.4, -0.2) is 42.2 Å². The van der Waals surface area contributed by atoms with Gasteiger partial charge >= 0.3 is 6.09 Å². The number of aromatic nitrogens is 1. The number of halogens is 1. The largest absolute Gasteiger partial charge is 0.412 e. The van der Waals surface area contributed by atoms with Gasteiger partial charge in [-0.15, -0.1) is 0 Å². The standard InChI is InChI=1S/C15H18FN3O2/c1-19-6-3-11(4-7-19)18-15(20)21-14-9-10(16)8-13-12(14)2-5-17-13/h2,5,8-9,11,17H,3-4,6-7H2,1H3,(H,18,20). The Morgan fingerprint density at radius 1 is 1.43 bits per heavy atom. The molecule has 2 N–H and O–H groups in total. The number of H-pyrrole nitrogens is 1. The second-order valence-electron chi connectivity index (χ2n) is 5.45. The van der Waals surface area contributed by atoms with Crippen LogP contribution in [0.25, 0.3) is 10.9 Å². The Kier molecular flexibility index (Phi) is 3.79. The fourth-order valence-electron chi connectivity index (χ4n) is 2.63. The van der Waals surface area contributed by atoms with E-state index in [1.54, 1.807) is 12.3 Å². The maximum Gasteiger partial charge on any atom is 0.412 e. The van der Waals surface area contributed by atoms with Gasteiger partial charge in [-0.1, -0.05) is 0 Å². The highest BCUT2D eigenvalue weighted by atomic mass is 19.1. The summed E-state index contributed by atoms with van der Waals surface area (Å²) >= 11 is 0. The molecule has 5 nitrogen and oxygen atoms in total. The van der Waals surface area contributed by atoms with Crippen LogP contribution in [0.5, 0.6) is 5.75 Å². The molecular weight excluding hydrogens is 273 g/mol. The summed E-state index contributed by atoms with van der Waals surface area (Å²) in [4.78, 5) is 17.1. The van der Waals surface area contributed by atoms with Crippen LogP contribution in [0.15, 0.2) is 24.4 Å². The third kappa shape index (κ3) is 3.16. The zero-order valence-electron chi connectivity index (χ0n) is 11.9. The number of hydrogen-bond acceptors (Lipinski definition) is 3. The molecule has 0 spiro atoms. The average molecular weight is 291 g/mol. The zero-order chi connectivity index (χ0) is 14.8. The van der Waals surface area contributed by atoms with Crippen molar-refractivity contribution in [2.75, 3.05) is 20.1 Å². The lowest BCUT2D eigenvalue weighted by Crippen LogP contribution is -2.44. The molecule has 112 valence electrons. The lowest BCUT2D eigenvalue weighted by atomic mass is 10.1. The van der Waals surface area contributed by atoms with E-state index < -0.39 is 11.9 Å². The summed E-state index contributed by atoms with van der Waals surface area (Å²) in [7, 11) is 2.06. The maximum absolute atomic E-state index is 13.5. The van der Waals surface area contributed by atoms with Gasteiger partial charge in [-0.2, -0.15) is 0 Å². The Morgan fingerprint density at radius 3 is 2.95 bits per heavy atom. The monoisotopic (exact) mass is 291 g/mol. The molecule has 1 amide bonds. The van der Waals surface area contributed by atoms with E-state index in [2.05, 4.69) is 22.2 Å². The number of benzene rings is 1. The molecule has 3 rings (SSSR count). The highest BCUT2D eigenvalue weighted by molar-refractivity contribution is 5.88. The zero-order valence-corrected chi connectivity index (χ0v) is 11.9. The van der Waals surface area contributed by atoms with Crippen LogP contribution in [0.2, 0.25) is 0 Å². The van der Waals surface area contributed by atoms with Crippen molar-refractivity contribution in [3.8, 4) is 5.75 Å². The number of rotatable bonds is 2. The van der Waals surface area contributed by atoms with Gasteiger partial charge in [-0.05, 0) is 45.1 Å². The first-order chi connectivity index (χ1) is 10.1. The van der Waals surface area contributed by atoms with Crippen molar-refractivity contribution in [2.24, 2.45) is 0 Å². The summed E-state index contributed by atoms with van der Waals surface area (Å²) in [6.07, 6.45) is 2.95. The molecule has 1 aliphatic heterocycles. The molecule has 0 atom stereocenters. The van der Waals surface area contributed by atoms with Crippen molar-refractivity contribution >= 4 is 17.0 Å². The number of carbonyl (C=O) groups is 1. The number of fused-ring (bicyclic) bond motifs is 1. The molecule has 0 radical (unpaired) electrons. The van der Waals surface area contributed by atoms with E-state index in [9.17, 15) is 9.18 Å². The van der Waals surface area contributed by atoms with E-state index >= 15 is 0 Å². The van der Waals surface area contributed by atoms with Crippen LogP contribution in [0.1, 0.15) is 12.8 Å². The number of ether oxygens (including phenoxy) is 1. The van der Waals surface area contributed by atoms with E-state index in [-0.39, 0.29) is 11.8 Å². The lowest BCUT2D eigenvalue weighted by molar-refractivity contribution is 0.182. The van der Waals surface area contributed by atoms with Crippen molar-refractivity contribution in [3.63, 3.8) is 0 Å². The summed E-state index contributed by atoms with van der Waals surface area (Å²) < 4.78 is 18.8. The van der Waals surface area contributed by atoms with E-state index in [4.69, 9.17) is 4.74 Å². The highest BCUT2D eigenvalue weighted by Gasteiger charge is 2.20. The maximum atomic E-state index is 13.5. The first-order valence-electron chi connectivity index (χ1n) is 7.05. The minimum atomic E-state index is -0.530. The first kappa shape index (κ1) is 13.9. The Balaban J connectivity index is 1.67. The SMILES string of the molecule is CN1CCC(NC(=O)Oc2cc(F)cc3[nH]ccc23)CC1. The van der Waals surface area contributed by atoms with Crippen LogP contribution >= 0.6 is 0 Å². The second kappa shape index (κ2) is 5.73. The number of aromatic amines is 1. The number of carbonyl (C=O) groups excluding carboxylic acids is 1. The summed E-state index contributed by atoms with van der Waals surface area (Å²) in [5.41, 5.74) is 0.608. The van der Waals surface area contributed by atoms with Crippen LogP contribution < -0.4 is 10.1 Å². The molecule has 0 saturated carbocycles. The Morgan fingerprint density at radius 2 is 2.19 bits per heavy atom. The van der Waals surface area contributed by atoms with Crippen molar-refractivity contribution < 1.29 is 13.9 Å². The third-order valence-corrected chi connectivity index (χ3v) is 3.84.